The van der Waals surface area contributed by atoms with Gasteiger partial charge in [0.05, 0.1) is 6.42 Å². The van der Waals surface area contributed by atoms with Crippen molar-refractivity contribution in [2.75, 3.05) is 6.54 Å². The van der Waals surface area contributed by atoms with Gasteiger partial charge >= 0.3 is 0 Å². The van der Waals surface area contributed by atoms with Crippen LogP contribution < -0.4 is 0 Å². The zero-order valence-electron chi connectivity index (χ0n) is 14.6. The number of nitrogens with zero attached hydrogens (tertiary/aromatic N) is 3. The predicted molar refractivity (Wildman–Crippen MR) is 96.6 cm³/mol. The second kappa shape index (κ2) is 6.27. The number of H-pyrrole nitrogens is 1. The summed E-state index contributed by atoms with van der Waals surface area (Å²) in [7, 11) is 0. The highest BCUT2D eigenvalue weighted by atomic mass is 16.5. The number of likely N-dealkylation sites (tertiary alicyclic amines) is 1. The Morgan fingerprint density at radius 1 is 1.23 bits per heavy atom. The van der Waals surface area contributed by atoms with Gasteiger partial charge in [-0.25, -0.2) is 0 Å². The molecule has 1 saturated heterocycles. The number of piperidine rings is 1. The molecule has 0 bridgehead atoms. The molecular weight excluding hydrogens is 328 g/mol. The first-order valence-electron chi connectivity index (χ1n) is 9.47. The Labute approximate surface area is 151 Å². The fourth-order valence-electron chi connectivity index (χ4n) is 3.92. The zero-order chi connectivity index (χ0) is 17.5. The van der Waals surface area contributed by atoms with Crippen LogP contribution >= 0.6 is 0 Å². The number of nitrogens with one attached hydrogen (secondary N) is 1. The summed E-state index contributed by atoms with van der Waals surface area (Å²) in [6.07, 6.45) is 7.64. The quantitative estimate of drug-likeness (QED) is 0.778. The molecule has 6 nitrogen and oxygen atoms in total. The number of fused-ring (bicyclic) bond motifs is 1. The highest BCUT2D eigenvalue weighted by molar-refractivity contribution is 5.89. The summed E-state index contributed by atoms with van der Waals surface area (Å²) in [5.74, 6) is 2.02. The fourth-order valence-corrected chi connectivity index (χ4v) is 3.92. The number of hydrogen-bond acceptors (Lipinski definition) is 4. The number of carbonyl (C=O) groups excluding carboxylic acids is 1. The van der Waals surface area contributed by atoms with Gasteiger partial charge in [-0.3, -0.25) is 4.79 Å². The molecule has 6 heteroatoms. The molecule has 0 unspecified atom stereocenters. The van der Waals surface area contributed by atoms with E-state index in [1.54, 1.807) is 0 Å². The number of carbonyl (C=O) groups is 1. The first kappa shape index (κ1) is 15.6. The Hall–Kier alpha value is -2.63. The van der Waals surface area contributed by atoms with Crippen LogP contribution in [0, 0.1) is 0 Å². The van der Waals surface area contributed by atoms with Gasteiger partial charge in [0.1, 0.15) is 6.04 Å². The van der Waals surface area contributed by atoms with E-state index in [4.69, 9.17) is 4.52 Å². The van der Waals surface area contributed by atoms with Crippen molar-refractivity contribution in [1.29, 1.82) is 0 Å². The molecule has 0 radical (unpaired) electrons. The summed E-state index contributed by atoms with van der Waals surface area (Å²) in [5.41, 5.74) is 2.11. The monoisotopic (exact) mass is 350 g/mol. The number of benzene rings is 1. The van der Waals surface area contributed by atoms with E-state index >= 15 is 0 Å². The Morgan fingerprint density at radius 3 is 3.00 bits per heavy atom. The molecule has 1 atom stereocenters. The van der Waals surface area contributed by atoms with Gasteiger partial charge in [-0.1, -0.05) is 23.4 Å². The predicted octanol–water partition coefficient (Wildman–Crippen LogP) is 3.72. The second-order valence-electron chi connectivity index (χ2n) is 7.40. The number of rotatable bonds is 4. The smallest absolute Gasteiger partial charge is 0.249 e. The van der Waals surface area contributed by atoms with Crippen LogP contribution in [0.3, 0.4) is 0 Å². The molecule has 3 aromatic rings. The summed E-state index contributed by atoms with van der Waals surface area (Å²) in [6, 6.07) is 8.01. The standard InChI is InChI=1S/C20H22N4O2/c25-18(11-14-12-21-16-6-2-1-5-15(14)16)24-10-4-3-7-17(24)20-22-19(23-26-20)13-8-9-13/h1-2,5-6,12-13,17,21H,3-4,7-11H2/t17-/m1/s1. The zero-order valence-corrected chi connectivity index (χ0v) is 14.6. The summed E-state index contributed by atoms with van der Waals surface area (Å²) < 4.78 is 5.53. The third-order valence-corrected chi connectivity index (χ3v) is 5.52. The van der Waals surface area contributed by atoms with Crippen molar-refractivity contribution in [2.24, 2.45) is 0 Å². The van der Waals surface area contributed by atoms with E-state index in [1.807, 2.05) is 29.3 Å². The van der Waals surface area contributed by atoms with Crippen molar-refractivity contribution in [3.05, 3.63) is 47.7 Å². The Kier molecular flexibility index (Phi) is 3.76. The largest absolute Gasteiger partial charge is 0.361 e. The lowest BCUT2D eigenvalue weighted by molar-refractivity contribution is -0.135. The Morgan fingerprint density at radius 2 is 2.12 bits per heavy atom. The molecule has 1 aliphatic carbocycles. The van der Waals surface area contributed by atoms with Gasteiger partial charge in [0, 0.05) is 29.6 Å². The molecule has 1 N–H and O–H groups in total. The lowest BCUT2D eigenvalue weighted by atomic mass is 10.0. The maximum atomic E-state index is 13.1. The first-order valence-corrected chi connectivity index (χ1v) is 9.47. The van der Waals surface area contributed by atoms with Crippen molar-refractivity contribution in [1.82, 2.24) is 20.0 Å². The average Bonchev–Trinajstić information content (AvgIpc) is 3.28. The molecule has 3 heterocycles. The van der Waals surface area contributed by atoms with E-state index in [-0.39, 0.29) is 11.9 Å². The van der Waals surface area contributed by atoms with E-state index in [0.717, 1.165) is 60.9 Å². The van der Waals surface area contributed by atoms with Crippen LogP contribution in [0.2, 0.25) is 0 Å². The molecule has 0 spiro atoms. The lowest BCUT2D eigenvalue weighted by Crippen LogP contribution is -2.39. The van der Waals surface area contributed by atoms with Crippen LogP contribution in [0.5, 0.6) is 0 Å². The van der Waals surface area contributed by atoms with Gasteiger partial charge in [-0.05, 0) is 43.7 Å². The van der Waals surface area contributed by atoms with Crippen LogP contribution in [0.25, 0.3) is 10.9 Å². The molecule has 1 aromatic carbocycles. The van der Waals surface area contributed by atoms with Crippen molar-refractivity contribution in [3.8, 4) is 0 Å². The second-order valence-corrected chi connectivity index (χ2v) is 7.40. The van der Waals surface area contributed by atoms with Gasteiger partial charge < -0.3 is 14.4 Å². The van der Waals surface area contributed by atoms with Crippen molar-refractivity contribution >= 4 is 16.8 Å². The van der Waals surface area contributed by atoms with Crippen LogP contribution in [0.15, 0.2) is 35.0 Å². The van der Waals surface area contributed by atoms with Crippen LogP contribution in [0.4, 0.5) is 0 Å². The summed E-state index contributed by atoms with van der Waals surface area (Å²) in [4.78, 5) is 22.9. The van der Waals surface area contributed by atoms with E-state index in [1.165, 1.54) is 0 Å². The molecule has 2 aromatic heterocycles. The molecule has 26 heavy (non-hydrogen) atoms. The minimum absolute atomic E-state index is 0.0820. The molecule has 134 valence electrons. The van der Waals surface area contributed by atoms with E-state index < -0.39 is 0 Å². The summed E-state index contributed by atoms with van der Waals surface area (Å²) in [6.45, 7) is 0.757. The van der Waals surface area contributed by atoms with Crippen LogP contribution in [-0.2, 0) is 11.2 Å². The molecule has 2 fully saturated rings. The molecule has 2 aliphatic rings. The van der Waals surface area contributed by atoms with Gasteiger partial charge in [0.15, 0.2) is 5.82 Å². The normalized spacial score (nSPS) is 20.6. The fraction of sp³-hybridized carbons (Fsp3) is 0.450. The van der Waals surface area contributed by atoms with Gasteiger partial charge in [-0.2, -0.15) is 4.98 Å². The highest BCUT2D eigenvalue weighted by Crippen LogP contribution is 2.39. The number of hydrogen-bond donors (Lipinski definition) is 1. The maximum Gasteiger partial charge on any atom is 0.249 e. The summed E-state index contributed by atoms with van der Waals surface area (Å²) in [5, 5.41) is 5.25. The van der Waals surface area contributed by atoms with E-state index in [0.29, 0.717) is 18.2 Å². The molecule has 1 aliphatic heterocycles. The molecule has 1 amide bonds. The van der Waals surface area contributed by atoms with Crippen molar-refractivity contribution < 1.29 is 9.32 Å². The SMILES string of the molecule is O=C(Cc1c[nH]c2ccccc12)N1CCCC[C@@H]1c1nc(C2CC2)no1. The minimum atomic E-state index is -0.0820. The van der Waals surface area contributed by atoms with Crippen LogP contribution in [0.1, 0.15) is 61.3 Å². The van der Waals surface area contributed by atoms with Crippen molar-refractivity contribution in [3.63, 3.8) is 0 Å². The topological polar surface area (TPSA) is 75.0 Å². The van der Waals surface area contributed by atoms with E-state index in [9.17, 15) is 4.79 Å². The first-order chi connectivity index (χ1) is 12.8. The Bertz CT molecular complexity index is 940. The Balaban J connectivity index is 1.38. The number of aromatic amines is 1. The van der Waals surface area contributed by atoms with Crippen LogP contribution in [-0.4, -0.2) is 32.5 Å². The maximum absolute atomic E-state index is 13.1. The summed E-state index contributed by atoms with van der Waals surface area (Å²) >= 11 is 0. The third kappa shape index (κ3) is 2.79. The average molecular weight is 350 g/mol. The minimum Gasteiger partial charge on any atom is -0.361 e. The molecule has 5 rings (SSSR count). The molecular formula is C20H22N4O2. The van der Waals surface area contributed by atoms with Gasteiger partial charge in [0.2, 0.25) is 11.8 Å². The van der Waals surface area contributed by atoms with Gasteiger partial charge in [-0.15, -0.1) is 0 Å². The van der Waals surface area contributed by atoms with Crippen molar-refractivity contribution in [2.45, 2.75) is 50.5 Å². The lowest BCUT2D eigenvalue weighted by Gasteiger charge is -2.33. The molecule has 1 saturated carbocycles. The third-order valence-electron chi connectivity index (χ3n) is 5.52. The highest BCUT2D eigenvalue weighted by Gasteiger charge is 2.35. The number of aromatic nitrogens is 3. The number of amides is 1. The van der Waals surface area contributed by atoms with Gasteiger partial charge in [0.25, 0.3) is 0 Å². The van der Waals surface area contributed by atoms with E-state index in [2.05, 4.69) is 21.2 Å². The number of para-hydroxylation sites is 1.